The maximum absolute atomic E-state index is 5.92. The molecule has 0 amide bonds. The minimum Gasteiger partial charge on any atom is -0.496 e. The molecule has 136 valence electrons. The molecule has 1 aliphatic rings. The summed E-state index contributed by atoms with van der Waals surface area (Å²) in [4.78, 5) is 2.12. The van der Waals surface area contributed by atoms with E-state index in [4.69, 9.17) is 9.47 Å². The molecule has 1 unspecified atom stereocenters. The van der Waals surface area contributed by atoms with Crippen LogP contribution in [-0.4, -0.2) is 35.5 Å². The highest BCUT2D eigenvalue weighted by atomic mass is 16.5. The lowest BCUT2D eigenvalue weighted by Gasteiger charge is -2.24. The number of benzene rings is 1. The molecule has 25 heavy (non-hydrogen) atoms. The summed E-state index contributed by atoms with van der Waals surface area (Å²) in [6.07, 6.45) is 2.05. The molecule has 1 atom stereocenters. The highest BCUT2D eigenvalue weighted by Gasteiger charge is 2.37. The molecule has 6 nitrogen and oxygen atoms in total. The fourth-order valence-electron chi connectivity index (χ4n) is 3.87. The zero-order chi connectivity index (χ0) is 18.2. The average Bonchev–Trinajstić information content (AvgIpc) is 3.14. The standard InChI is InChI=1S/C19H28N4O2/c1-13-10-15(11-14(2)16(13)24-6)12-22(4)18-21-20-17(23(18)5)19(3)8-7-9-25-19/h10-11H,7-9,12H2,1-6H3. The number of anilines is 1. The third-order valence-electron chi connectivity index (χ3n) is 5.03. The van der Waals surface area contributed by atoms with Crippen LogP contribution in [0.4, 0.5) is 5.95 Å². The van der Waals surface area contributed by atoms with Crippen molar-refractivity contribution in [2.45, 2.75) is 45.8 Å². The Morgan fingerprint density at radius 2 is 1.96 bits per heavy atom. The van der Waals surface area contributed by atoms with Gasteiger partial charge >= 0.3 is 0 Å². The minimum absolute atomic E-state index is 0.325. The molecule has 1 aromatic heterocycles. The average molecular weight is 344 g/mol. The third kappa shape index (κ3) is 3.23. The van der Waals surface area contributed by atoms with Crippen LogP contribution in [0.1, 0.15) is 42.3 Å². The Morgan fingerprint density at radius 3 is 2.52 bits per heavy atom. The van der Waals surface area contributed by atoms with Gasteiger partial charge in [0.25, 0.3) is 0 Å². The van der Waals surface area contributed by atoms with Crippen molar-refractivity contribution in [3.63, 3.8) is 0 Å². The maximum Gasteiger partial charge on any atom is 0.227 e. The molecule has 1 aromatic carbocycles. The van der Waals surface area contributed by atoms with Gasteiger partial charge in [-0.05, 0) is 50.3 Å². The number of hydrogen-bond acceptors (Lipinski definition) is 5. The highest BCUT2D eigenvalue weighted by molar-refractivity contribution is 5.44. The first-order valence-corrected chi connectivity index (χ1v) is 8.75. The SMILES string of the molecule is COc1c(C)cc(CN(C)c2nnc(C3(C)CCCO3)n2C)cc1C. The van der Waals surface area contributed by atoms with E-state index in [1.54, 1.807) is 7.11 Å². The second kappa shape index (κ2) is 6.67. The predicted octanol–water partition coefficient (Wildman–Crippen LogP) is 3.10. The van der Waals surface area contributed by atoms with Gasteiger partial charge in [0.05, 0.1) is 7.11 Å². The highest BCUT2D eigenvalue weighted by Crippen LogP contribution is 2.35. The summed E-state index contributed by atoms with van der Waals surface area (Å²) in [7, 11) is 5.77. The fourth-order valence-corrected chi connectivity index (χ4v) is 3.87. The molecule has 1 aliphatic heterocycles. The van der Waals surface area contributed by atoms with E-state index >= 15 is 0 Å². The third-order valence-corrected chi connectivity index (χ3v) is 5.03. The Hall–Kier alpha value is -2.08. The summed E-state index contributed by atoms with van der Waals surface area (Å²) in [5.41, 5.74) is 3.20. The van der Waals surface area contributed by atoms with Crippen molar-refractivity contribution in [3.8, 4) is 5.75 Å². The molecule has 2 heterocycles. The molecule has 6 heteroatoms. The van der Waals surface area contributed by atoms with Crippen LogP contribution in [0.5, 0.6) is 5.75 Å². The van der Waals surface area contributed by atoms with Gasteiger partial charge in [0.1, 0.15) is 11.4 Å². The van der Waals surface area contributed by atoms with Crippen molar-refractivity contribution in [1.29, 1.82) is 0 Å². The van der Waals surface area contributed by atoms with Crippen molar-refractivity contribution in [2.24, 2.45) is 7.05 Å². The zero-order valence-corrected chi connectivity index (χ0v) is 16.1. The summed E-state index contributed by atoms with van der Waals surface area (Å²) in [6.45, 7) is 7.81. The van der Waals surface area contributed by atoms with Gasteiger partial charge in [0, 0.05) is 27.2 Å². The van der Waals surface area contributed by atoms with Gasteiger partial charge in [-0.1, -0.05) is 12.1 Å². The van der Waals surface area contributed by atoms with E-state index in [-0.39, 0.29) is 5.60 Å². The number of aryl methyl sites for hydroxylation is 2. The van der Waals surface area contributed by atoms with Crippen molar-refractivity contribution in [3.05, 3.63) is 34.6 Å². The molecule has 1 fully saturated rings. The minimum atomic E-state index is -0.325. The van der Waals surface area contributed by atoms with Crippen LogP contribution in [0, 0.1) is 13.8 Å². The van der Waals surface area contributed by atoms with E-state index in [0.717, 1.165) is 54.6 Å². The maximum atomic E-state index is 5.92. The largest absolute Gasteiger partial charge is 0.496 e. The van der Waals surface area contributed by atoms with Gasteiger partial charge in [-0.2, -0.15) is 0 Å². The smallest absolute Gasteiger partial charge is 0.227 e. The van der Waals surface area contributed by atoms with E-state index < -0.39 is 0 Å². The van der Waals surface area contributed by atoms with Crippen LogP contribution >= 0.6 is 0 Å². The molecular weight excluding hydrogens is 316 g/mol. The zero-order valence-electron chi connectivity index (χ0n) is 16.1. The molecule has 0 saturated carbocycles. The summed E-state index contributed by atoms with van der Waals surface area (Å²) in [6, 6.07) is 4.34. The normalized spacial score (nSPS) is 20.1. The molecule has 2 aromatic rings. The van der Waals surface area contributed by atoms with Crippen molar-refractivity contribution < 1.29 is 9.47 Å². The lowest BCUT2D eigenvalue weighted by atomic mass is 10.0. The number of hydrogen-bond donors (Lipinski definition) is 0. The molecule has 0 spiro atoms. The molecular formula is C19H28N4O2. The lowest BCUT2D eigenvalue weighted by molar-refractivity contribution is 0.00698. The first-order chi connectivity index (χ1) is 11.9. The number of ether oxygens (including phenoxy) is 2. The lowest BCUT2D eigenvalue weighted by Crippen LogP contribution is -2.26. The number of aromatic nitrogens is 3. The molecule has 3 rings (SSSR count). The number of rotatable bonds is 5. The molecule has 0 bridgehead atoms. The quantitative estimate of drug-likeness (QED) is 0.834. The Labute approximate surface area is 149 Å². The second-order valence-electron chi connectivity index (χ2n) is 7.18. The van der Waals surface area contributed by atoms with E-state index in [2.05, 4.69) is 52.6 Å². The van der Waals surface area contributed by atoms with Crippen LogP contribution in [0.3, 0.4) is 0 Å². The van der Waals surface area contributed by atoms with Crippen molar-refractivity contribution in [1.82, 2.24) is 14.8 Å². The molecule has 0 radical (unpaired) electrons. The topological polar surface area (TPSA) is 52.4 Å². The summed E-state index contributed by atoms with van der Waals surface area (Å²) in [5.74, 6) is 2.70. The number of nitrogens with zero attached hydrogens (tertiary/aromatic N) is 4. The molecule has 0 aliphatic carbocycles. The Morgan fingerprint density at radius 1 is 1.28 bits per heavy atom. The summed E-state index contributed by atoms with van der Waals surface area (Å²) < 4.78 is 13.4. The summed E-state index contributed by atoms with van der Waals surface area (Å²) >= 11 is 0. The first kappa shape index (κ1) is 17.7. The predicted molar refractivity (Wildman–Crippen MR) is 98.1 cm³/mol. The fraction of sp³-hybridized carbons (Fsp3) is 0.579. The Bertz CT molecular complexity index is 740. The van der Waals surface area contributed by atoms with Crippen molar-refractivity contribution >= 4 is 5.95 Å². The summed E-state index contributed by atoms with van der Waals surface area (Å²) in [5, 5.41) is 8.84. The van der Waals surface area contributed by atoms with Gasteiger partial charge < -0.3 is 14.4 Å². The van der Waals surface area contributed by atoms with Crippen molar-refractivity contribution in [2.75, 3.05) is 25.7 Å². The van der Waals surface area contributed by atoms with Crippen LogP contribution in [-0.2, 0) is 23.9 Å². The van der Waals surface area contributed by atoms with Gasteiger partial charge in [-0.25, -0.2) is 0 Å². The molecule has 1 saturated heterocycles. The molecule has 0 N–H and O–H groups in total. The van der Waals surface area contributed by atoms with Gasteiger partial charge in [0.15, 0.2) is 5.82 Å². The monoisotopic (exact) mass is 344 g/mol. The van der Waals surface area contributed by atoms with Gasteiger partial charge in [-0.3, -0.25) is 4.57 Å². The van der Waals surface area contributed by atoms with E-state index in [9.17, 15) is 0 Å². The second-order valence-corrected chi connectivity index (χ2v) is 7.18. The van der Waals surface area contributed by atoms with Gasteiger partial charge in [0.2, 0.25) is 5.95 Å². The van der Waals surface area contributed by atoms with Crippen LogP contribution in [0.25, 0.3) is 0 Å². The van der Waals surface area contributed by atoms with E-state index in [1.165, 1.54) is 5.56 Å². The van der Waals surface area contributed by atoms with Gasteiger partial charge in [-0.15, -0.1) is 10.2 Å². The first-order valence-electron chi connectivity index (χ1n) is 8.75. The Kier molecular flexibility index (Phi) is 4.73. The van der Waals surface area contributed by atoms with E-state index in [1.807, 2.05) is 14.1 Å². The Balaban J connectivity index is 1.83. The van der Waals surface area contributed by atoms with Crippen LogP contribution < -0.4 is 9.64 Å². The van der Waals surface area contributed by atoms with E-state index in [0.29, 0.717) is 0 Å². The van der Waals surface area contributed by atoms with Crippen LogP contribution in [0.15, 0.2) is 12.1 Å². The number of methoxy groups -OCH3 is 1. The van der Waals surface area contributed by atoms with Crippen LogP contribution in [0.2, 0.25) is 0 Å².